The number of hydrogen-bond donors (Lipinski definition) is 0. The summed E-state index contributed by atoms with van der Waals surface area (Å²) < 4.78 is 27.9. The van der Waals surface area contributed by atoms with Crippen LogP contribution in [0.1, 0.15) is 19.3 Å². The highest BCUT2D eigenvalue weighted by Gasteiger charge is 2.66. The summed E-state index contributed by atoms with van der Waals surface area (Å²) in [6.45, 7) is 0. The van der Waals surface area contributed by atoms with Crippen LogP contribution in [0.15, 0.2) is 0 Å². The summed E-state index contributed by atoms with van der Waals surface area (Å²) in [5.74, 6) is 0. The van der Waals surface area contributed by atoms with Crippen molar-refractivity contribution in [1.29, 1.82) is 5.26 Å². The minimum atomic E-state index is -3.07. The largest absolute Gasteiger partial charge is 0.348 e. The third-order valence-corrected chi connectivity index (χ3v) is 4.61. The molecule has 1 heterocycles. The molecule has 1 aliphatic carbocycles. The molecule has 3 atom stereocenters. The lowest BCUT2D eigenvalue weighted by atomic mass is 10.0. The van der Waals surface area contributed by atoms with Gasteiger partial charge in [0.2, 0.25) is 0 Å². The first-order chi connectivity index (χ1) is 6.00. The van der Waals surface area contributed by atoms with Gasteiger partial charge >= 0.3 is 0 Å². The highest BCUT2D eigenvalue weighted by atomic mass is 32.2. The second-order valence-electron chi connectivity index (χ2n) is 3.79. The molecule has 0 aromatic rings. The fourth-order valence-electron chi connectivity index (χ4n) is 2.30. The molecule has 72 valence electrons. The highest BCUT2D eigenvalue weighted by molar-refractivity contribution is 7.91. The van der Waals surface area contributed by atoms with E-state index in [0.717, 1.165) is 6.42 Å². The fourth-order valence-corrected chi connectivity index (χ4v) is 3.92. The molecule has 1 spiro atoms. The zero-order valence-corrected chi connectivity index (χ0v) is 8.17. The van der Waals surface area contributed by atoms with Crippen LogP contribution in [-0.4, -0.2) is 31.6 Å². The Hall–Kier alpha value is -0.600. The standard InChI is InChI=1S/C8H11NO3S/c1-13(10,11)7-3-2-4-8(7)6(5-9)12-8/h6-7H,2-4H2,1H3. The molecule has 13 heavy (non-hydrogen) atoms. The van der Waals surface area contributed by atoms with Gasteiger partial charge in [-0.05, 0) is 19.3 Å². The molecule has 1 saturated heterocycles. The number of rotatable bonds is 1. The molecule has 0 radical (unpaired) electrons. The summed E-state index contributed by atoms with van der Waals surface area (Å²) in [4.78, 5) is 0. The van der Waals surface area contributed by atoms with Gasteiger partial charge in [-0.25, -0.2) is 8.42 Å². The lowest BCUT2D eigenvalue weighted by molar-refractivity contribution is 0.304. The maximum Gasteiger partial charge on any atom is 0.175 e. The Morgan fingerprint density at radius 1 is 1.62 bits per heavy atom. The molecule has 1 saturated carbocycles. The van der Waals surface area contributed by atoms with Crippen LogP contribution < -0.4 is 0 Å². The van der Waals surface area contributed by atoms with Crippen molar-refractivity contribution in [2.24, 2.45) is 0 Å². The Kier molecular flexibility index (Phi) is 1.70. The molecule has 0 aromatic carbocycles. The zero-order valence-electron chi connectivity index (χ0n) is 7.36. The third-order valence-electron chi connectivity index (χ3n) is 2.94. The Balaban J connectivity index is 2.29. The molecule has 2 aliphatic rings. The average molecular weight is 201 g/mol. The van der Waals surface area contributed by atoms with Gasteiger partial charge in [0.25, 0.3) is 0 Å². The first kappa shape index (κ1) is 8.97. The smallest absolute Gasteiger partial charge is 0.175 e. The van der Waals surface area contributed by atoms with E-state index in [-0.39, 0.29) is 0 Å². The van der Waals surface area contributed by atoms with Crippen molar-refractivity contribution >= 4 is 9.84 Å². The van der Waals surface area contributed by atoms with Gasteiger partial charge < -0.3 is 4.74 Å². The van der Waals surface area contributed by atoms with Gasteiger partial charge in [0.05, 0.1) is 11.3 Å². The van der Waals surface area contributed by atoms with Crippen LogP contribution in [0.5, 0.6) is 0 Å². The van der Waals surface area contributed by atoms with Crippen LogP contribution in [-0.2, 0) is 14.6 Å². The van der Waals surface area contributed by atoms with Crippen LogP contribution in [0.25, 0.3) is 0 Å². The van der Waals surface area contributed by atoms with E-state index < -0.39 is 26.8 Å². The Morgan fingerprint density at radius 3 is 2.77 bits per heavy atom. The Labute approximate surface area is 77.4 Å². The summed E-state index contributed by atoms with van der Waals surface area (Å²) in [6.07, 6.45) is 2.92. The number of hydrogen-bond acceptors (Lipinski definition) is 4. The van der Waals surface area contributed by atoms with Gasteiger partial charge in [0.1, 0.15) is 5.60 Å². The maximum atomic E-state index is 11.4. The molecular formula is C8H11NO3S. The van der Waals surface area contributed by atoms with Crippen molar-refractivity contribution in [3.8, 4) is 6.07 Å². The second-order valence-corrected chi connectivity index (χ2v) is 6.02. The monoisotopic (exact) mass is 201 g/mol. The molecule has 0 aromatic heterocycles. The average Bonchev–Trinajstić information content (AvgIpc) is 2.49. The van der Waals surface area contributed by atoms with Gasteiger partial charge in [-0.1, -0.05) is 0 Å². The van der Waals surface area contributed by atoms with Gasteiger partial charge in [-0.3, -0.25) is 0 Å². The first-order valence-electron chi connectivity index (χ1n) is 4.27. The molecule has 0 N–H and O–H groups in total. The molecule has 2 rings (SSSR count). The van der Waals surface area contributed by atoms with E-state index >= 15 is 0 Å². The normalized spacial score (nSPS) is 43.4. The Bertz CT molecular complexity index is 369. The third kappa shape index (κ3) is 1.17. The highest BCUT2D eigenvalue weighted by Crippen LogP contribution is 2.51. The van der Waals surface area contributed by atoms with Crippen molar-refractivity contribution in [2.75, 3.05) is 6.26 Å². The summed E-state index contributed by atoms with van der Waals surface area (Å²) in [5.41, 5.74) is -0.637. The topological polar surface area (TPSA) is 70.5 Å². The zero-order chi connectivity index (χ0) is 9.69. The number of epoxide rings is 1. The second kappa shape index (κ2) is 2.46. The SMILES string of the molecule is CS(=O)(=O)C1CCCC12OC2C#N. The van der Waals surface area contributed by atoms with Crippen LogP contribution in [0.3, 0.4) is 0 Å². The van der Waals surface area contributed by atoms with Crippen molar-refractivity contribution < 1.29 is 13.2 Å². The minimum absolute atomic E-state index is 0.454. The van der Waals surface area contributed by atoms with Crippen molar-refractivity contribution in [3.05, 3.63) is 0 Å². The summed E-state index contributed by atoms with van der Waals surface area (Å²) in [6, 6.07) is 1.99. The van der Waals surface area contributed by atoms with E-state index in [2.05, 4.69) is 0 Å². The molecule has 0 bridgehead atoms. The number of nitrogens with zero attached hydrogens (tertiary/aromatic N) is 1. The van der Waals surface area contributed by atoms with E-state index in [0.29, 0.717) is 12.8 Å². The lowest BCUT2D eigenvalue weighted by Gasteiger charge is -2.12. The minimum Gasteiger partial charge on any atom is -0.348 e. The molecule has 1 aliphatic heterocycles. The summed E-state index contributed by atoms with van der Waals surface area (Å²) in [7, 11) is -3.07. The fraction of sp³-hybridized carbons (Fsp3) is 0.875. The van der Waals surface area contributed by atoms with Crippen molar-refractivity contribution in [3.63, 3.8) is 0 Å². The molecule has 3 unspecified atom stereocenters. The predicted molar refractivity (Wildman–Crippen MR) is 45.7 cm³/mol. The van der Waals surface area contributed by atoms with Crippen LogP contribution in [0.2, 0.25) is 0 Å². The van der Waals surface area contributed by atoms with Gasteiger partial charge in [-0.15, -0.1) is 0 Å². The van der Waals surface area contributed by atoms with E-state index in [9.17, 15) is 8.42 Å². The molecule has 0 amide bonds. The molecule has 2 fully saturated rings. The van der Waals surface area contributed by atoms with Crippen LogP contribution >= 0.6 is 0 Å². The predicted octanol–water partition coefficient (Wildman–Crippen LogP) is 0.245. The lowest BCUT2D eigenvalue weighted by Crippen LogP contribution is -2.33. The number of nitriles is 1. The molecular weight excluding hydrogens is 190 g/mol. The van der Waals surface area contributed by atoms with Crippen molar-refractivity contribution in [1.82, 2.24) is 0 Å². The van der Waals surface area contributed by atoms with E-state index in [1.54, 1.807) is 0 Å². The number of sulfone groups is 1. The van der Waals surface area contributed by atoms with Gasteiger partial charge in [0.15, 0.2) is 15.9 Å². The van der Waals surface area contributed by atoms with E-state index in [1.165, 1.54) is 6.26 Å². The summed E-state index contributed by atoms with van der Waals surface area (Å²) in [5, 5.41) is 8.19. The molecule has 4 nitrogen and oxygen atoms in total. The molecule has 5 heteroatoms. The van der Waals surface area contributed by atoms with E-state index in [1.807, 2.05) is 6.07 Å². The first-order valence-corrected chi connectivity index (χ1v) is 6.22. The van der Waals surface area contributed by atoms with Crippen LogP contribution in [0, 0.1) is 11.3 Å². The van der Waals surface area contributed by atoms with Crippen molar-refractivity contribution in [2.45, 2.75) is 36.2 Å². The summed E-state index contributed by atoms with van der Waals surface area (Å²) >= 11 is 0. The maximum absolute atomic E-state index is 11.4. The quantitative estimate of drug-likeness (QED) is 0.570. The Morgan fingerprint density at radius 2 is 2.31 bits per heavy atom. The van der Waals surface area contributed by atoms with E-state index in [4.69, 9.17) is 10.00 Å². The van der Waals surface area contributed by atoms with Crippen LogP contribution in [0.4, 0.5) is 0 Å². The van der Waals surface area contributed by atoms with Gasteiger partial charge in [0, 0.05) is 6.26 Å². The van der Waals surface area contributed by atoms with Gasteiger partial charge in [-0.2, -0.15) is 5.26 Å². The number of ether oxygens (including phenoxy) is 1.